The van der Waals surface area contributed by atoms with Crippen molar-refractivity contribution in [3.8, 4) is 11.5 Å². The fraction of sp³-hybridized carbons (Fsp3) is 0.385. The van der Waals surface area contributed by atoms with Gasteiger partial charge in [-0.05, 0) is 74.6 Å². The second-order valence-corrected chi connectivity index (χ2v) is 7.20. The van der Waals surface area contributed by atoms with Crippen LogP contribution >= 0.6 is 0 Å². The highest BCUT2D eigenvalue weighted by Crippen LogP contribution is 2.27. The second kappa shape index (κ2) is 12.0. The molecule has 2 rings (SSSR count). The number of hydrogen-bond acceptors (Lipinski definition) is 3. The highest BCUT2D eigenvalue weighted by Gasteiger charge is 2.10. The molecule has 3 nitrogen and oxygen atoms in total. The molecule has 156 valence electrons. The van der Waals surface area contributed by atoms with E-state index in [1.54, 1.807) is 19.8 Å². The quantitative estimate of drug-likeness (QED) is 0.405. The van der Waals surface area contributed by atoms with Crippen LogP contribution in [0.15, 0.2) is 71.8 Å². The standard InChI is InChI=1S/C26H35NO2/c1-6-20(3)21(7-2)10-8-9-11-26(22-12-16-24(28-4)17-13-22)27-23-14-18-25(29-5)19-15-23/h8-9,12-19,26-27H,6-7,10-11H2,1-5H3/b9-8+,21-20+. The number of rotatable bonds is 11. The summed E-state index contributed by atoms with van der Waals surface area (Å²) in [6.07, 6.45) is 8.81. The van der Waals surface area contributed by atoms with E-state index >= 15 is 0 Å². The number of ether oxygens (including phenoxy) is 2. The van der Waals surface area contributed by atoms with Gasteiger partial charge in [-0.25, -0.2) is 0 Å². The fourth-order valence-corrected chi connectivity index (χ4v) is 3.33. The van der Waals surface area contributed by atoms with Crippen molar-refractivity contribution in [2.75, 3.05) is 19.5 Å². The van der Waals surface area contributed by atoms with Crippen molar-refractivity contribution < 1.29 is 9.47 Å². The molecule has 0 aliphatic rings. The highest BCUT2D eigenvalue weighted by molar-refractivity contribution is 5.48. The Labute approximate surface area is 176 Å². The van der Waals surface area contributed by atoms with E-state index in [-0.39, 0.29) is 6.04 Å². The van der Waals surface area contributed by atoms with Crippen LogP contribution in [0.5, 0.6) is 11.5 Å². The Hall–Kier alpha value is -2.68. The molecule has 0 radical (unpaired) electrons. The van der Waals surface area contributed by atoms with Gasteiger partial charge in [-0.3, -0.25) is 0 Å². The molecule has 0 amide bonds. The monoisotopic (exact) mass is 393 g/mol. The van der Waals surface area contributed by atoms with Crippen molar-refractivity contribution in [2.45, 2.75) is 52.5 Å². The van der Waals surface area contributed by atoms with E-state index in [1.807, 2.05) is 24.3 Å². The Morgan fingerprint density at radius 1 is 0.862 bits per heavy atom. The Morgan fingerprint density at radius 2 is 1.45 bits per heavy atom. The Morgan fingerprint density at radius 3 is 1.97 bits per heavy atom. The van der Waals surface area contributed by atoms with Crippen LogP contribution in [0.1, 0.15) is 58.1 Å². The van der Waals surface area contributed by atoms with Crippen molar-refractivity contribution in [1.82, 2.24) is 0 Å². The summed E-state index contributed by atoms with van der Waals surface area (Å²) in [6, 6.07) is 16.6. The lowest BCUT2D eigenvalue weighted by atomic mass is 9.99. The Bertz CT molecular complexity index is 788. The normalized spacial score (nSPS) is 13.1. The summed E-state index contributed by atoms with van der Waals surface area (Å²) >= 11 is 0. The smallest absolute Gasteiger partial charge is 0.119 e. The van der Waals surface area contributed by atoms with Crippen molar-refractivity contribution in [3.63, 3.8) is 0 Å². The third-order valence-corrected chi connectivity index (χ3v) is 5.41. The molecular weight excluding hydrogens is 358 g/mol. The van der Waals surface area contributed by atoms with Crippen LogP contribution in [-0.4, -0.2) is 14.2 Å². The summed E-state index contributed by atoms with van der Waals surface area (Å²) in [6.45, 7) is 6.72. The van der Waals surface area contributed by atoms with Crippen LogP contribution in [0.25, 0.3) is 0 Å². The van der Waals surface area contributed by atoms with Crippen molar-refractivity contribution in [3.05, 3.63) is 77.4 Å². The SMILES string of the molecule is CC/C(C)=C(\CC)C/C=C/CC(Nc1ccc(OC)cc1)c1ccc(OC)cc1. The number of hydrogen-bond donors (Lipinski definition) is 1. The van der Waals surface area contributed by atoms with Gasteiger partial charge in [0.25, 0.3) is 0 Å². The van der Waals surface area contributed by atoms with E-state index in [9.17, 15) is 0 Å². The average Bonchev–Trinajstić information content (AvgIpc) is 2.78. The number of benzene rings is 2. The summed E-state index contributed by atoms with van der Waals surface area (Å²) in [7, 11) is 3.38. The first-order valence-corrected chi connectivity index (χ1v) is 10.5. The minimum Gasteiger partial charge on any atom is -0.497 e. The van der Waals surface area contributed by atoms with E-state index in [0.29, 0.717) is 0 Å². The molecule has 1 unspecified atom stereocenters. The molecule has 2 aromatic carbocycles. The van der Waals surface area contributed by atoms with E-state index in [1.165, 1.54) is 11.1 Å². The summed E-state index contributed by atoms with van der Waals surface area (Å²) in [5.74, 6) is 1.74. The van der Waals surface area contributed by atoms with Crippen molar-refractivity contribution in [2.24, 2.45) is 0 Å². The van der Waals surface area contributed by atoms with Gasteiger partial charge in [0.1, 0.15) is 11.5 Å². The molecule has 0 saturated carbocycles. The third-order valence-electron chi connectivity index (χ3n) is 5.41. The van der Waals surface area contributed by atoms with Crippen molar-refractivity contribution in [1.29, 1.82) is 0 Å². The van der Waals surface area contributed by atoms with E-state index in [2.05, 4.69) is 62.5 Å². The maximum Gasteiger partial charge on any atom is 0.119 e. The molecule has 0 aromatic heterocycles. The molecule has 3 heteroatoms. The lowest BCUT2D eigenvalue weighted by Gasteiger charge is -2.20. The summed E-state index contributed by atoms with van der Waals surface area (Å²) < 4.78 is 10.6. The maximum atomic E-state index is 5.31. The van der Waals surface area contributed by atoms with Gasteiger partial charge < -0.3 is 14.8 Å². The van der Waals surface area contributed by atoms with Gasteiger partial charge in [-0.1, -0.05) is 49.3 Å². The topological polar surface area (TPSA) is 30.5 Å². The number of nitrogens with one attached hydrogen (secondary N) is 1. The van der Waals surface area contributed by atoms with Gasteiger partial charge in [-0.2, -0.15) is 0 Å². The minimum absolute atomic E-state index is 0.187. The highest BCUT2D eigenvalue weighted by atomic mass is 16.5. The van der Waals surface area contributed by atoms with Gasteiger partial charge in [0, 0.05) is 5.69 Å². The third kappa shape index (κ3) is 7.01. The molecule has 0 aliphatic heterocycles. The number of methoxy groups -OCH3 is 2. The zero-order chi connectivity index (χ0) is 21.1. The van der Waals surface area contributed by atoms with E-state index in [4.69, 9.17) is 9.47 Å². The molecule has 0 aliphatic carbocycles. The largest absolute Gasteiger partial charge is 0.497 e. The molecule has 0 bridgehead atoms. The second-order valence-electron chi connectivity index (χ2n) is 7.20. The van der Waals surface area contributed by atoms with Gasteiger partial charge in [0.05, 0.1) is 20.3 Å². The van der Waals surface area contributed by atoms with Crippen LogP contribution in [0, 0.1) is 0 Å². The van der Waals surface area contributed by atoms with Gasteiger partial charge in [0.15, 0.2) is 0 Å². The zero-order valence-electron chi connectivity index (χ0n) is 18.5. The predicted molar refractivity (Wildman–Crippen MR) is 124 cm³/mol. The molecule has 1 atom stereocenters. The van der Waals surface area contributed by atoms with Gasteiger partial charge in [0.2, 0.25) is 0 Å². The summed E-state index contributed by atoms with van der Waals surface area (Å²) in [5, 5.41) is 3.66. The van der Waals surface area contributed by atoms with Crippen LogP contribution < -0.4 is 14.8 Å². The first-order valence-electron chi connectivity index (χ1n) is 10.5. The lowest BCUT2D eigenvalue weighted by molar-refractivity contribution is 0.414. The minimum atomic E-state index is 0.187. The average molecular weight is 394 g/mol. The van der Waals surface area contributed by atoms with E-state index in [0.717, 1.165) is 42.9 Å². The van der Waals surface area contributed by atoms with Crippen molar-refractivity contribution >= 4 is 5.69 Å². The van der Waals surface area contributed by atoms with Gasteiger partial charge >= 0.3 is 0 Å². The van der Waals surface area contributed by atoms with Crippen LogP contribution in [0.3, 0.4) is 0 Å². The van der Waals surface area contributed by atoms with E-state index < -0.39 is 0 Å². The molecule has 0 saturated heterocycles. The predicted octanol–water partition coefficient (Wildman–Crippen LogP) is 7.33. The maximum absolute atomic E-state index is 5.31. The molecule has 2 aromatic rings. The first-order chi connectivity index (χ1) is 14.1. The molecule has 0 heterocycles. The molecular formula is C26H35NO2. The summed E-state index contributed by atoms with van der Waals surface area (Å²) in [4.78, 5) is 0. The first kappa shape index (κ1) is 22.6. The number of anilines is 1. The molecule has 0 fully saturated rings. The fourth-order valence-electron chi connectivity index (χ4n) is 3.33. The number of allylic oxidation sites excluding steroid dienone is 3. The lowest BCUT2D eigenvalue weighted by Crippen LogP contribution is -2.10. The molecule has 1 N–H and O–H groups in total. The molecule has 29 heavy (non-hydrogen) atoms. The van der Waals surface area contributed by atoms with Crippen LogP contribution in [-0.2, 0) is 0 Å². The zero-order valence-corrected chi connectivity index (χ0v) is 18.5. The van der Waals surface area contributed by atoms with Crippen LogP contribution in [0.4, 0.5) is 5.69 Å². The summed E-state index contributed by atoms with van der Waals surface area (Å²) in [5.41, 5.74) is 5.38. The molecule has 0 spiro atoms. The van der Waals surface area contributed by atoms with Crippen LogP contribution in [0.2, 0.25) is 0 Å². The van der Waals surface area contributed by atoms with Gasteiger partial charge in [-0.15, -0.1) is 0 Å². The Kier molecular flexibility index (Phi) is 9.36. The Balaban J connectivity index is 2.13.